The number of hydrogen-bond acceptors (Lipinski definition) is 6. The smallest absolute Gasteiger partial charge is 0.288 e. The van der Waals surface area contributed by atoms with E-state index in [2.05, 4.69) is 35.9 Å². The highest BCUT2D eigenvalue weighted by atomic mass is 32.1. The van der Waals surface area contributed by atoms with Crippen molar-refractivity contribution in [2.45, 2.75) is 6.42 Å². The van der Waals surface area contributed by atoms with Gasteiger partial charge in [0.1, 0.15) is 0 Å². The van der Waals surface area contributed by atoms with Gasteiger partial charge in [-0.1, -0.05) is 0 Å². The summed E-state index contributed by atoms with van der Waals surface area (Å²) in [5, 5.41) is 4.72. The fourth-order valence-electron chi connectivity index (χ4n) is 0.833. The lowest BCUT2D eigenvalue weighted by atomic mass is 10.3. The van der Waals surface area contributed by atoms with Crippen LogP contribution in [0.15, 0.2) is 0 Å². The number of hydrogen-bond donors (Lipinski definition) is 4. The van der Waals surface area contributed by atoms with E-state index in [4.69, 9.17) is 0 Å². The molecule has 0 aromatic heterocycles. The molecule has 96 valence electrons. The Bertz CT molecular complexity index is 290. The molecule has 0 aliphatic heterocycles. The maximum Gasteiger partial charge on any atom is 0.288 e. The molecule has 6 nitrogen and oxygen atoms in total. The fraction of sp³-hybridized carbons (Fsp3) is 0.556. The molecule has 0 heterocycles. The summed E-state index contributed by atoms with van der Waals surface area (Å²) in [6.45, 7) is 0.487. The molecular weight excluding hydrogens is 264 g/mol. The minimum atomic E-state index is -0.697. The van der Waals surface area contributed by atoms with E-state index in [0.29, 0.717) is 6.42 Å². The largest absolute Gasteiger partial charge is 0.349 e. The highest BCUT2D eigenvalue weighted by Gasteiger charge is 2.11. The topological polar surface area (TPSA) is 92.3 Å². The van der Waals surface area contributed by atoms with Gasteiger partial charge in [-0.05, 0) is 6.42 Å². The summed E-state index contributed by atoms with van der Waals surface area (Å²) in [6.07, 6.45) is 0.428. The van der Waals surface area contributed by atoms with Crippen LogP contribution >= 0.6 is 25.3 Å². The normalized spacial score (nSPS) is 9.53. The molecule has 17 heavy (non-hydrogen) atoms. The van der Waals surface area contributed by atoms with E-state index in [1.54, 1.807) is 0 Å². The van der Waals surface area contributed by atoms with Gasteiger partial charge >= 0.3 is 0 Å². The van der Waals surface area contributed by atoms with Gasteiger partial charge in [-0.2, -0.15) is 25.3 Å². The number of nitrogens with one attached hydrogen (secondary N) is 2. The van der Waals surface area contributed by atoms with Gasteiger partial charge in [0.15, 0.2) is 0 Å². The molecule has 0 aromatic carbocycles. The van der Waals surface area contributed by atoms with Crippen LogP contribution in [0.25, 0.3) is 0 Å². The summed E-state index contributed by atoms with van der Waals surface area (Å²) >= 11 is 7.33. The molecule has 0 fully saturated rings. The van der Waals surface area contributed by atoms with Crippen molar-refractivity contribution in [3.8, 4) is 0 Å². The van der Waals surface area contributed by atoms with Crippen molar-refractivity contribution in [3.63, 3.8) is 0 Å². The van der Waals surface area contributed by atoms with Crippen molar-refractivity contribution in [3.05, 3.63) is 0 Å². The molecule has 0 unspecified atom stereocenters. The third-order valence-corrected chi connectivity index (χ3v) is 2.29. The average molecular weight is 278 g/mol. The molecule has 0 rings (SSSR count). The minimum Gasteiger partial charge on any atom is -0.349 e. The third-order valence-electron chi connectivity index (χ3n) is 1.72. The van der Waals surface area contributed by atoms with Gasteiger partial charge in [0.25, 0.3) is 11.8 Å². The summed E-state index contributed by atoms with van der Waals surface area (Å²) in [4.78, 5) is 43.5. The number of thiol groups is 2. The van der Waals surface area contributed by atoms with Crippen molar-refractivity contribution in [1.82, 2.24) is 10.6 Å². The van der Waals surface area contributed by atoms with Crippen LogP contribution in [0.4, 0.5) is 0 Å². The van der Waals surface area contributed by atoms with E-state index in [1.165, 1.54) is 0 Å². The SMILES string of the molecule is O=C(CS)C(=O)NCCCNC(=O)C(=O)CS. The van der Waals surface area contributed by atoms with Crippen molar-refractivity contribution in [1.29, 1.82) is 0 Å². The monoisotopic (exact) mass is 278 g/mol. The Balaban J connectivity index is 3.60. The van der Waals surface area contributed by atoms with Crippen LogP contribution in [0.3, 0.4) is 0 Å². The van der Waals surface area contributed by atoms with Crippen molar-refractivity contribution in [2.24, 2.45) is 0 Å². The first-order valence-corrected chi connectivity index (χ1v) is 6.13. The Labute approximate surface area is 110 Å². The minimum absolute atomic E-state index is 0.140. The van der Waals surface area contributed by atoms with Gasteiger partial charge < -0.3 is 10.6 Å². The lowest BCUT2D eigenvalue weighted by Crippen LogP contribution is -2.36. The van der Waals surface area contributed by atoms with Crippen LogP contribution in [0.5, 0.6) is 0 Å². The van der Waals surface area contributed by atoms with Crippen molar-refractivity contribution in [2.75, 3.05) is 24.6 Å². The van der Waals surface area contributed by atoms with E-state index in [1.807, 2.05) is 0 Å². The van der Waals surface area contributed by atoms with Crippen LogP contribution in [0.1, 0.15) is 6.42 Å². The number of carbonyl (C=O) groups is 4. The predicted octanol–water partition coefficient (Wildman–Crippen LogP) is -1.39. The molecule has 0 radical (unpaired) electrons. The number of amides is 2. The summed E-state index contributed by atoms with van der Waals surface area (Å²) in [7, 11) is 0. The molecule has 2 N–H and O–H groups in total. The molecule has 0 aliphatic carbocycles. The fourth-order valence-corrected chi connectivity index (χ4v) is 1.12. The summed E-state index contributed by atoms with van der Waals surface area (Å²) in [6, 6.07) is 0. The quantitative estimate of drug-likeness (QED) is 0.250. The molecule has 8 heteroatoms. The maximum absolute atomic E-state index is 11.0. The van der Waals surface area contributed by atoms with Crippen LogP contribution < -0.4 is 10.6 Å². The zero-order chi connectivity index (χ0) is 13.3. The van der Waals surface area contributed by atoms with Crippen LogP contribution in [0, 0.1) is 0 Å². The van der Waals surface area contributed by atoms with Gasteiger partial charge in [0.05, 0.1) is 11.5 Å². The van der Waals surface area contributed by atoms with Gasteiger partial charge in [0, 0.05) is 13.1 Å². The Kier molecular flexibility index (Phi) is 8.51. The average Bonchev–Trinajstić information content (AvgIpc) is 2.35. The summed E-state index contributed by atoms with van der Waals surface area (Å²) in [5.41, 5.74) is 0. The molecule has 0 saturated carbocycles. The number of ketones is 2. The first-order chi connectivity index (χ1) is 8.02. The Morgan fingerprint density at radius 3 is 1.41 bits per heavy atom. The Hall–Kier alpha value is -1.02. The highest BCUT2D eigenvalue weighted by Crippen LogP contribution is 1.82. The maximum atomic E-state index is 11.0. The zero-order valence-corrected chi connectivity index (χ0v) is 10.9. The zero-order valence-electron chi connectivity index (χ0n) is 9.06. The second kappa shape index (κ2) is 9.06. The molecule has 2 amide bonds. The first-order valence-electron chi connectivity index (χ1n) is 4.86. The third kappa shape index (κ3) is 7.01. The molecule has 0 atom stereocenters. The van der Waals surface area contributed by atoms with Crippen molar-refractivity contribution >= 4 is 48.6 Å². The summed E-state index contributed by atoms with van der Waals surface area (Å²) < 4.78 is 0. The van der Waals surface area contributed by atoms with Crippen molar-refractivity contribution < 1.29 is 19.2 Å². The van der Waals surface area contributed by atoms with E-state index < -0.39 is 23.4 Å². The second-order valence-corrected chi connectivity index (χ2v) is 3.66. The second-order valence-electron chi connectivity index (χ2n) is 3.03. The Morgan fingerprint density at radius 1 is 0.765 bits per heavy atom. The van der Waals surface area contributed by atoms with E-state index in [0.717, 1.165) is 0 Å². The van der Waals surface area contributed by atoms with Gasteiger partial charge in [-0.15, -0.1) is 0 Å². The van der Waals surface area contributed by atoms with Crippen LogP contribution in [0.2, 0.25) is 0 Å². The number of Topliss-reactive ketones (excluding diaryl/α,β-unsaturated/α-hetero) is 2. The molecule has 0 spiro atoms. The van der Waals surface area contributed by atoms with Gasteiger partial charge in [0.2, 0.25) is 11.6 Å². The van der Waals surface area contributed by atoms with E-state index in [-0.39, 0.29) is 24.6 Å². The predicted molar refractivity (Wildman–Crippen MR) is 68.4 cm³/mol. The molecular formula is C9H14N2O4S2. The molecule has 0 bridgehead atoms. The Morgan fingerprint density at radius 2 is 1.12 bits per heavy atom. The standard InChI is InChI=1S/C9H14N2O4S2/c12-6(4-16)8(14)10-2-1-3-11-9(15)7(13)5-17/h16-17H,1-5H2,(H,10,14)(H,11,15). The number of carbonyl (C=O) groups excluding carboxylic acids is 4. The van der Waals surface area contributed by atoms with Gasteiger partial charge in [-0.3, -0.25) is 19.2 Å². The van der Waals surface area contributed by atoms with Crippen LogP contribution in [-0.2, 0) is 19.2 Å². The highest BCUT2D eigenvalue weighted by molar-refractivity contribution is 7.81. The van der Waals surface area contributed by atoms with E-state index in [9.17, 15) is 19.2 Å². The number of rotatable bonds is 8. The molecule has 0 aliphatic rings. The van der Waals surface area contributed by atoms with Gasteiger partial charge in [-0.25, -0.2) is 0 Å². The lowest BCUT2D eigenvalue weighted by Gasteiger charge is -2.04. The summed E-state index contributed by atoms with van der Waals surface area (Å²) in [5.74, 6) is -2.89. The van der Waals surface area contributed by atoms with E-state index >= 15 is 0 Å². The van der Waals surface area contributed by atoms with Crippen LogP contribution in [-0.4, -0.2) is 48.0 Å². The molecule has 0 aromatic rings. The lowest BCUT2D eigenvalue weighted by molar-refractivity contribution is -0.136. The first kappa shape index (κ1) is 16.0. The molecule has 0 saturated heterocycles.